The summed E-state index contributed by atoms with van der Waals surface area (Å²) in [5.41, 5.74) is 1.34. The normalized spacial score (nSPS) is 21.0. The molecule has 2 rings (SSSR count). The summed E-state index contributed by atoms with van der Waals surface area (Å²) in [6, 6.07) is 5.44. The Balaban J connectivity index is 1.91. The van der Waals surface area contributed by atoms with Crippen LogP contribution in [0.4, 0.5) is 0 Å². The Kier molecular flexibility index (Phi) is 5.64. The predicted octanol–water partition coefficient (Wildman–Crippen LogP) is 2.10. The van der Waals surface area contributed by atoms with E-state index in [9.17, 15) is 0 Å². The molecule has 4 nitrogen and oxygen atoms in total. The summed E-state index contributed by atoms with van der Waals surface area (Å²) in [7, 11) is 0. The van der Waals surface area contributed by atoms with Gasteiger partial charge < -0.3 is 14.6 Å². The molecule has 0 aromatic carbocycles. The smallest absolute Gasteiger partial charge is 0.0881 e. The molecule has 1 aliphatic heterocycles. The molecular weight excluding hydrogens is 250 g/mol. The SMILES string of the molecule is CC(C)NCc1cccn1CC1CN(C(C)C)CCO1. The summed E-state index contributed by atoms with van der Waals surface area (Å²) in [6.07, 6.45) is 2.46. The van der Waals surface area contributed by atoms with Crippen molar-refractivity contribution in [2.24, 2.45) is 0 Å². The number of ether oxygens (including phenoxy) is 1. The van der Waals surface area contributed by atoms with Gasteiger partial charge >= 0.3 is 0 Å². The van der Waals surface area contributed by atoms with Gasteiger partial charge in [0, 0.05) is 50.2 Å². The lowest BCUT2D eigenvalue weighted by Gasteiger charge is -2.35. The lowest BCUT2D eigenvalue weighted by molar-refractivity contribution is -0.0458. The fourth-order valence-corrected chi connectivity index (χ4v) is 2.64. The van der Waals surface area contributed by atoms with Crippen LogP contribution >= 0.6 is 0 Å². The highest BCUT2D eigenvalue weighted by molar-refractivity contribution is 5.07. The third-order valence-corrected chi connectivity index (χ3v) is 3.92. The first-order valence-electron chi connectivity index (χ1n) is 7.79. The number of morpholine rings is 1. The number of aromatic nitrogens is 1. The standard InChI is InChI=1S/C16H29N3O/c1-13(2)17-10-15-6-5-7-19(15)12-16-11-18(14(3)4)8-9-20-16/h5-7,13-14,16-17H,8-12H2,1-4H3. The van der Waals surface area contributed by atoms with Crippen LogP contribution in [0.1, 0.15) is 33.4 Å². The lowest BCUT2D eigenvalue weighted by Crippen LogP contribution is -2.47. The fourth-order valence-electron chi connectivity index (χ4n) is 2.64. The molecule has 1 aromatic rings. The molecule has 20 heavy (non-hydrogen) atoms. The highest BCUT2D eigenvalue weighted by Crippen LogP contribution is 2.12. The molecular formula is C16H29N3O. The molecule has 0 saturated carbocycles. The number of nitrogens with one attached hydrogen (secondary N) is 1. The summed E-state index contributed by atoms with van der Waals surface area (Å²) in [5, 5.41) is 3.48. The molecule has 114 valence electrons. The Morgan fingerprint density at radius 2 is 2.15 bits per heavy atom. The molecule has 0 bridgehead atoms. The van der Waals surface area contributed by atoms with Crippen LogP contribution in [-0.2, 0) is 17.8 Å². The second-order valence-electron chi connectivity index (χ2n) is 6.27. The quantitative estimate of drug-likeness (QED) is 0.865. The maximum atomic E-state index is 5.93. The molecule has 2 heterocycles. The number of hydrogen-bond acceptors (Lipinski definition) is 3. The molecule has 1 fully saturated rings. The van der Waals surface area contributed by atoms with Crippen molar-refractivity contribution in [3.8, 4) is 0 Å². The zero-order valence-electron chi connectivity index (χ0n) is 13.3. The van der Waals surface area contributed by atoms with E-state index in [1.54, 1.807) is 0 Å². The molecule has 1 atom stereocenters. The molecule has 1 unspecified atom stereocenters. The minimum absolute atomic E-state index is 0.302. The zero-order valence-corrected chi connectivity index (χ0v) is 13.3. The zero-order chi connectivity index (χ0) is 14.5. The topological polar surface area (TPSA) is 29.4 Å². The van der Waals surface area contributed by atoms with Crippen molar-refractivity contribution in [3.63, 3.8) is 0 Å². The van der Waals surface area contributed by atoms with E-state index in [1.807, 2.05) is 0 Å². The number of nitrogens with zero attached hydrogens (tertiary/aromatic N) is 2. The summed E-state index contributed by atoms with van der Waals surface area (Å²) < 4.78 is 8.25. The van der Waals surface area contributed by atoms with Crippen molar-refractivity contribution in [2.45, 2.75) is 59.0 Å². The molecule has 0 spiro atoms. The third kappa shape index (κ3) is 4.33. The van der Waals surface area contributed by atoms with E-state index in [4.69, 9.17) is 4.74 Å². The fraction of sp³-hybridized carbons (Fsp3) is 0.750. The minimum Gasteiger partial charge on any atom is -0.374 e. The summed E-state index contributed by atoms with van der Waals surface area (Å²) in [4.78, 5) is 2.50. The highest BCUT2D eigenvalue weighted by atomic mass is 16.5. The van der Waals surface area contributed by atoms with Gasteiger partial charge in [-0.2, -0.15) is 0 Å². The van der Waals surface area contributed by atoms with Gasteiger partial charge in [-0.1, -0.05) is 13.8 Å². The van der Waals surface area contributed by atoms with Crippen LogP contribution in [0.15, 0.2) is 18.3 Å². The Bertz CT molecular complexity index is 400. The molecule has 1 saturated heterocycles. The van der Waals surface area contributed by atoms with Crippen molar-refractivity contribution in [2.75, 3.05) is 19.7 Å². The largest absolute Gasteiger partial charge is 0.374 e. The summed E-state index contributed by atoms with van der Waals surface area (Å²) in [5.74, 6) is 0. The molecule has 0 aliphatic carbocycles. The van der Waals surface area contributed by atoms with E-state index in [2.05, 4.69) is 60.8 Å². The van der Waals surface area contributed by atoms with E-state index in [0.717, 1.165) is 32.8 Å². The van der Waals surface area contributed by atoms with Crippen LogP contribution in [0.25, 0.3) is 0 Å². The van der Waals surface area contributed by atoms with Crippen molar-refractivity contribution < 1.29 is 4.74 Å². The molecule has 1 aromatic heterocycles. The first-order chi connectivity index (χ1) is 9.56. The van der Waals surface area contributed by atoms with E-state index in [-0.39, 0.29) is 0 Å². The van der Waals surface area contributed by atoms with Gasteiger partial charge in [0.05, 0.1) is 12.7 Å². The van der Waals surface area contributed by atoms with Crippen LogP contribution in [-0.4, -0.2) is 47.4 Å². The second kappa shape index (κ2) is 7.25. The van der Waals surface area contributed by atoms with E-state index in [0.29, 0.717) is 18.2 Å². The Morgan fingerprint density at radius 3 is 2.85 bits per heavy atom. The molecule has 4 heteroatoms. The van der Waals surface area contributed by atoms with Gasteiger partial charge in [-0.3, -0.25) is 4.90 Å². The van der Waals surface area contributed by atoms with Crippen molar-refractivity contribution >= 4 is 0 Å². The van der Waals surface area contributed by atoms with E-state index in [1.165, 1.54) is 5.69 Å². The molecule has 1 N–H and O–H groups in total. The van der Waals surface area contributed by atoms with Crippen LogP contribution < -0.4 is 5.32 Å². The molecule has 0 amide bonds. The van der Waals surface area contributed by atoms with Gasteiger partial charge in [-0.15, -0.1) is 0 Å². The van der Waals surface area contributed by atoms with Gasteiger partial charge in [0.15, 0.2) is 0 Å². The van der Waals surface area contributed by atoms with E-state index < -0.39 is 0 Å². The van der Waals surface area contributed by atoms with Gasteiger partial charge in [0.25, 0.3) is 0 Å². The lowest BCUT2D eigenvalue weighted by atomic mass is 10.2. The highest BCUT2D eigenvalue weighted by Gasteiger charge is 2.22. The second-order valence-corrected chi connectivity index (χ2v) is 6.27. The van der Waals surface area contributed by atoms with Crippen molar-refractivity contribution in [1.29, 1.82) is 0 Å². The van der Waals surface area contributed by atoms with Crippen LogP contribution in [0.2, 0.25) is 0 Å². The molecule has 0 radical (unpaired) electrons. The van der Waals surface area contributed by atoms with Gasteiger partial charge in [0.1, 0.15) is 0 Å². The number of rotatable bonds is 6. The van der Waals surface area contributed by atoms with Crippen LogP contribution in [0.5, 0.6) is 0 Å². The number of hydrogen-bond donors (Lipinski definition) is 1. The molecule has 1 aliphatic rings. The van der Waals surface area contributed by atoms with Crippen molar-refractivity contribution in [1.82, 2.24) is 14.8 Å². The first-order valence-corrected chi connectivity index (χ1v) is 7.79. The third-order valence-electron chi connectivity index (χ3n) is 3.92. The average molecular weight is 279 g/mol. The van der Waals surface area contributed by atoms with Gasteiger partial charge in [-0.05, 0) is 26.0 Å². The summed E-state index contributed by atoms with van der Waals surface area (Å²) >= 11 is 0. The maximum Gasteiger partial charge on any atom is 0.0881 e. The average Bonchev–Trinajstić information content (AvgIpc) is 2.84. The first kappa shape index (κ1) is 15.5. The Hall–Kier alpha value is -0.840. The van der Waals surface area contributed by atoms with Crippen LogP contribution in [0, 0.1) is 0 Å². The van der Waals surface area contributed by atoms with Gasteiger partial charge in [0.2, 0.25) is 0 Å². The Labute approximate surface area is 123 Å². The van der Waals surface area contributed by atoms with Crippen molar-refractivity contribution in [3.05, 3.63) is 24.0 Å². The minimum atomic E-state index is 0.302. The predicted molar refractivity (Wildman–Crippen MR) is 82.9 cm³/mol. The Morgan fingerprint density at radius 1 is 1.35 bits per heavy atom. The van der Waals surface area contributed by atoms with Gasteiger partial charge in [-0.25, -0.2) is 0 Å². The summed E-state index contributed by atoms with van der Waals surface area (Å²) in [6.45, 7) is 13.7. The monoisotopic (exact) mass is 279 g/mol. The maximum absolute atomic E-state index is 5.93. The van der Waals surface area contributed by atoms with Crippen LogP contribution in [0.3, 0.4) is 0 Å². The van der Waals surface area contributed by atoms with E-state index >= 15 is 0 Å².